The Balaban J connectivity index is 2.27. The van der Waals surface area contributed by atoms with E-state index in [1.807, 2.05) is 0 Å². The normalized spacial score (nSPS) is 21.5. The number of aliphatic hydroxyl groups excluding tert-OH is 1. The van der Waals surface area contributed by atoms with Crippen molar-refractivity contribution in [2.75, 3.05) is 18.1 Å². The molecular formula is C18H23F3N2O6. The van der Waals surface area contributed by atoms with Crippen LogP contribution in [0.25, 0.3) is 0 Å². The summed E-state index contributed by atoms with van der Waals surface area (Å²) in [6.07, 6.45) is -8.51. The van der Waals surface area contributed by atoms with Crippen LogP contribution in [0.2, 0.25) is 0 Å². The molecule has 0 radical (unpaired) electrons. The molecule has 3 atom stereocenters. The summed E-state index contributed by atoms with van der Waals surface area (Å²) in [5.74, 6) is -2.12. The van der Waals surface area contributed by atoms with Gasteiger partial charge in [0.05, 0.1) is 18.8 Å². The van der Waals surface area contributed by atoms with Crippen LogP contribution in [0.1, 0.15) is 33.4 Å². The zero-order valence-corrected chi connectivity index (χ0v) is 16.4. The van der Waals surface area contributed by atoms with E-state index in [0.29, 0.717) is 6.92 Å². The summed E-state index contributed by atoms with van der Waals surface area (Å²) in [7, 11) is 0. The van der Waals surface area contributed by atoms with E-state index in [1.54, 1.807) is 20.8 Å². The van der Waals surface area contributed by atoms with Gasteiger partial charge in [0.15, 0.2) is 17.8 Å². The molecule has 0 aliphatic carbocycles. The molecule has 0 bridgehead atoms. The van der Waals surface area contributed by atoms with Crippen LogP contribution < -0.4 is 4.90 Å². The van der Waals surface area contributed by atoms with Crippen molar-refractivity contribution in [2.24, 2.45) is 0 Å². The first-order valence-corrected chi connectivity index (χ1v) is 8.75. The molecule has 1 aliphatic rings. The average Bonchev–Trinajstić information content (AvgIpc) is 2.59. The smallest absolute Gasteiger partial charge is 0.422 e. The molecule has 1 unspecified atom stereocenters. The van der Waals surface area contributed by atoms with Crippen molar-refractivity contribution in [3.05, 3.63) is 23.9 Å². The molecule has 2 rings (SSSR count). The van der Waals surface area contributed by atoms with Crippen molar-refractivity contribution >= 4 is 17.7 Å². The number of nitrogens with zero attached hydrogens (tertiary/aromatic N) is 2. The highest BCUT2D eigenvalue weighted by atomic mass is 19.4. The lowest BCUT2D eigenvalue weighted by molar-refractivity contribution is -0.260. The quantitative estimate of drug-likeness (QED) is 0.707. The molecule has 0 aromatic carbocycles. The molecule has 1 amide bonds. The molecule has 2 heterocycles. The second kappa shape index (κ2) is 7.88. The average molecular weight is 420 g/mol. The Morgan fingerprint density at radius 1 is 1.31 bits per heavy atom. The van der Waals surface area contributed by atoms with Gasteiger partial charge in [-0.15, -0.1) is 0 Å². The number of aliphatic hydroxyl groups is 2. The van der Waals surface area contributed by atoms with Gasteiger partial charge in [0.25, 0.3) is 5.91 Å². The van der Waals surface area contributed by atoms with Crippen molar-refractivity contribution in [2.45, 2.75) is 57.3 Å². The fourth-order valence-corrected chi connectivity index (χ4v) is 2.54. The van der Waals surface area contributed by atoms with E-state index in [2.05, 4.69) is 4.98 Å². The van der Waals surface area contributed by atoms with Crippen LogP contribution in [0.4, 0.5) is 19.0 Å². The standard InChI is InChI=1S/C18H23F3N2O6/c1-16(2,3)29-15(26)12(24)13-14(25)23(8-9-28-13)11-7-5-6-10(22-11)17(4,27)18(19,20)21/h5-7,12-13,24,27H,8-9H2,1-4H3/t12-,13-,17?/m1/s1. The van der Waals surface area contributed by atoms with Gasteiger partial charge >= 0.3 is 12.1 Å². The molecule has 2 N–H and O–H groups in total. The molecule has 1 saturated heterocycles. The number of morpholine rings is 1. The van der Waals surface area contributed by atoms with E-state index < -0.39 is 47.2 Å². The van der Waals surface area contributed by atoms with Crippen LogP contribution in [-0.4, -0.2) is 64.2 Å². The number of amides is 1. The lowest BCUT2D eigenvalue weighted by atomic mass is 10.0. The van der Waals surface area contributed by atoms with Gasteiger partial charge in [0, 0.05) is 0 Å². The molecular weight excluding hydrogens is 397 g/mol. The number of anilines is 1. The zero-order valence-electron chi connectivity index (χ0n) is 16.4. The van der Waals surface area contributed by atoms with Crippen LogP contribution in [0, 0.1) is 0 Å². The number of esters is 1. The Hall–Kier alpha value is -2.24. The highest BCUT2D eigenvalue weighted by Gasteiger charge is 2.52. The first kappa shape index (κ1) is 23.0. The largest absolute Gasteiger partial charge is 0.458 e. The molecule has 8 nitrogen and oxygen atoms in total. The number of carbonyl (C=O) groups excluding carboxylic acids is 2. The molecule has 29 heavy (non-hydrogen) atoms. The Morgan fingerprint density at radius 2 is 1.93 bits per heavy atom. The molecule has 162 valence electrons. The SMILES string of the molecule is CC(C)(C)OC(=O)[C@H](O)[C@H]1OCCN(c2cccc(C(C)(O)C(F)(F)F)n2)C1=O. The third-order valence-corrected chi connectivity index (χ3v) is 4.12. The zero-order chi connectivity index (χ0) is 22.2. The van der Waals surface area contributed by atoms with Crippen LogP contribution >= 0.6 is 0 Å². The fourth-order valence-electron chi connectivity index (χ4n) is 2.54. The topological polar surface area (TPSA) is 109 Å². The number of carbonyl (C=O) groups is 2. The van der Waals surface area contributed by atoms with Crippen molar-refractivity contribution in [1.29, 1.82) is 0 Å². The summed E-state index contributed by atoms with van der Waals surface area (Å²) >= 11 is 0. The molecule has 0 saturated carbocycles. The molecule has 1 fully saturated rings. The van der Waals surface area contributed by atoms with E-state index in [4.69, 9.17) is 9.47 Å². The van der Waals surface area contributed by atoms with Gasteiger partial charge in [-0.1, -0.05) is 6.07 Å². The van der Waals surface area contributed by atoms with E-state index >= 15 is 0 Å². The highest BCUT2D eigenvalue weighted by molar-refractivity contribution is 5.99. The maximum Gasteiger partial charge on any atom is 0.422 e. The predicted molar refractivity (Wildman–Crippen MR) is 93.8 cm³/mol. The van der Waals surface area contributed by atoms with E-state index in [1.165, 1.54) is 12.1 Å². The number of halogens is 3. The maximum absolute atomic E-state index is 13.1. The van der Waals surface area contributed by atoms with Crippen molar-refractivity contribution in [3.63, 3.8) is 0 Å². The molecule has 1 aliphatic heterocycles. The second-order valence-electron chi connectivity index (χ2n) is 7.71. The lowest BCUT2D eigenvalue weighted by Gasteiger charge is -2.34. The molecule has 1 aromatic rings. The minimum absolute atomic E-state index is 0.0685. The lowest BCUT2D eigenvalue weighted by Crippen LogP contribution is -2.55. The van der Waals surface area contributed by atoms with Gasteiger partial charge in [-0.05, 0) is 39.8 Å². The summed E-state index contributed by atoms with van der Waals surface area (Å²) in [6, 6.07) is 3.46. The third-order valence-electron chi connectivity index (χ3n) is 4.12. The number of hydrogen-bond acceptors (Lipinski definition) is 7. The summed E-state index contributed by atoms with van der Waals surface area (Å²) in [5.41, 5.74) is -4.84. The number of ether oxygens (including phenoxy) is 2. The van der Waals surface area contributed by atoms with E-state index in [9.17, 15) is 33.0 Å². The van der Waals surface area contributed by atoms with Crippen molar-refractivity contribution in [1.82, 2.24) is 4.98 Å². The minimum Gasteiger partial charge on any atom is -0.458 e. The summed E-state index contributed by atoms with van der Waals surface area (Å²) < 4.78 is 49.5. The van der Waals surface area contributed by atoms with Crippen molar-refractivity contribution in [3.8, 4) is 0 Å². The van der Waals surface area contributed by atoms with Gasteiger partial charge in [0.1, 0.15) is 11.4 Å². The summed E-state index contributed by atoms with van der Waals surface area (Å²) in [5, 5.41) is 20.0. The predicted octanol–water partition coefficient (Wildman–Crippen LogP) is 1.29. The van der Waals surface area contributed by atoms with Gasteiger partial charge in [-0.25, -0.2) is 9.78 Å². The van der Waals surface area contributed by atoms with Crippen LogP contribution in [0.15, 0.2) is 18.2 Å². The summed E-state index contributed by atoms with van der Waals surface area (Å²) in [4.78, 5) is 29.5. The number of rotatable bonds is 4. The molecule has 11 heteroatoms. The van der Waals surface area contributed by atoms with Gasteiger partial charge in [-0.2, -0.15) is 13.2 Å². The Kier molecular flexibility index (Phi) is 6.26. The Morgan fingerprint density at radius 3 is 2.48 bits per heavy atom. The van der Waals surface area contributed by atoms with Crippen LogP contribution in [0.5, 0.6) is 0 Å². The summed E-state index contributed by atoms with van der Waals surface area (Å²) in [6.45, 7) is 5.12. The number of pyridine rings is 1. The number of aromatic nitrogens is 1. The highest BCUT2D eigenvalue weighted by Crippen LogP contribution is 2.38. The Bertz CT molecular complexity index is 776. The van der Waals surface area contributed by atoms with Crippen LogP contribution in [-0.2, 0) is 24.7 Å². The maximum atomic E-state index is 13.1. The second-order valence-corrected chi connectivity index (χ2v) is 7.71. The van der Waals surface area contributed by atoms with Crippen LogP contribution in [0.3, 0.4) is 0 Å². The van der Waals surface area contributed by atoms with E-state index in [-0.39, 0.29) is 19.0 Å². The molecule has 0 spiro atoms. The number of alkyl halides is 3. The molecule has 1 aromatic heterocycles. The van der Waals surface area contributed by atoms with E-state index in [0.717, 1.165) is 11.0 Å². The first-order chi connectivity index (χ1) is 13.1. The van der Waals surface area contributed by atoms with Gasteiger partial charge in [-0.3, -0.25) is 9.69 Å². The Labute approximate surface area is 165 Å². The van der Waals surface area contributed by atoms with Gasteiger partial charge < -0.3 is 19.7 Å². The monoisotopic (exact) mass is 420 g/mol. The minimum atomic E-state index is -4.98. The first-order valence-electron chi connectivity index (χ1n) is 8.75. The fraction of sp³-hybridized carbons (Fsp3) is 0.611. The van der Waals surface area contributed by atoms with Crippen molar-refractivity contribution < 1.29 is 42.4 Å². The third kappa shape index (κ3) is 5.03. The number of hydrogen-bond donors (Lipinski definition) is 2. The van der Waals surface area contributed by atoms with Gasteiger partial charge in [0.2, 0.25) is 0 Å².